The molecule has 0 bridgehead atoms. The van der Waals surface area contributed by atoms with Gasteiger partial charge in [-0.15, -0.1) is 0 Å². The number of allylic oxidation sites excluding steroid dienone is 2. The molecule has 0 atom stereocenters. The third-order valence-corrected chi connectivity index (χ3v) is 17.7. The molecule has 1 N–H and O–H groups in total. The van der Waals surface area contributed by atoms with Crippen molar-refractivity contribution in [1.29, 1.82) is 0 Å². The number of aryl methyl sites for hydroxylation is 1. The van der Waals surface area contributed by atoms with Crippen molar-refractivity contribution in [1.82, 2.24) is 0 Å². The first-order valence-electron chi connectivity index (χ1n) is 14.0. The summed E-state index contributed by atoms with van der Waals surface area (Å²) in [5, 5.41) is 13.8. The Morgan fingerprint density at radius 3 is 2.41 bits per heavy atom. The summed E-state index contributed by atoms with van der Waals surface area (Å²) in [5.41, 5.74) is 9.99. The first-order valence-corrected chi connectivity index (χ1v) is 20.4. The predicted octanol–water partition coefficient (Wildman–Crippen LogP) is 1.59. The molecule has 4 aromatic rings. The van der Waals surface area contributed by atoms with E-state index in [0.717, 1.165) is 0 Å². The average Bonchev–Trinajstić information content (AvgIpc) is 2.93. The molecule has 0 aromatic heterocycles. The fourth-order valence-electron chi connectivity index (χ4n) is 7.35. The Hall–Kier alpha value is -2.46. The number of para-hydroxylation sites is 1. The van der Waals surface area contributed by atoms with Gasteiger partial charge >= 0.3 is 246 Å². The molecule has 2 nitrogen and oxygen atoms in total. The number of nitrogens with zero attached hydrogens (tertiary/aromatic N) is 1. The van der Waals surface area contributed by atoms with E-state index < -0.39 is 8.07 Å². The first-order chi connectivity index (χ1) is 18.9. The van der Waals surface area contributed by atoms with Crippen LogP contribution < -0.4 is 44.3 Å². The van der Waals surface area contributed by atoms with E-state index in [4.69, 9.17) is 0 Å². The van der Waals surface area contributed by atoms with Gasteiger partial charge in [-0.25, -0.2) is 0 Å². The van der Waals surface area contributed by atoms with Gasteiger partial charge in [0.1, 0.15) is 0 Å². The molecule has 192 valence electrons. The normalized spacial score (nSPS) is 18.1. The summed E-state index contributed by atoms with van der Waals surface area (Å²) in [7, 11) is -1.67. The van der Waals surface area contributed by atoms with Crippen molar-refractivity contribution in [3.8, 4) is 5.75 Å². The quantitative estimate of drug-likeness (QED) is 0.273. The summed E-state index contributed by atoms with van der Waals surface area (Å²) >= 11 is 0.538. The Morgan fingerprint density at radius 1 is 0.795 bits per heavy atom. The molecule has 8 rings (SSSR count). The molecule has 4 aromatic carbocycles. The number of rotatable bonds is 1. The van der Waals surface area contributed by atoms with Gasteiger partial charge in [0.15, 0.2) is 0 Å². The van der Waals surface area contributed by atoms with Gasteiger partial charge in [-0.05, 0) is 0 Å². The summed E-state index contributed by atoms with van der Waals surface area (Å²) in [6.07, 6.45) is 5.06. The van der Waals surface area contributed by atoms with Gasteiger partial charge in [0.05, 0.1) is 0 Å². The van der Waals surface area contributed by atoms with Crippen LogP contribution >= 0.6 is 0 Å². The second kappa shape index (κ2) is 8.77. The number of aromatic hydroxyl groups is 1. The molecule has 0 saturated carbocycles. The number of phenols is 1. The van der Waals surface area contributed by atoms with Gasteiger partial charge in [-0.1, -0.05) is 0 Å². The van der Waals surface area contributed by atoms with Crippen LogP contribution in [0.2, 0.25) is 13.1 Å². The summed E-state index contributed by atoms with van der Waals surface area (Å²) < 4.78 is 5.97. The topological polar surface area (TPSA) is 23.5 Å². The molecule has 6 heteroatoms. The van der Waals surface area contributed by atoms with E-state index in [1.807, 2.05) is 12.1 Å². The molecule has 4 aliphatic rings. The minimum absolute atomic E-state index is 0.220. The van der Waals surface area contributed by atoms with E-state index in [2.05, 4.69) is 85.6 Å². The van der Waals surface area contributed by atoms with Crippen LogP contribution in [0.15, 0.2) is 83.7 Å². The van der Waals surface area contributed by atoms with Gasteiger partial charge in [0, 0.05) is 0 Å². The number of hydrogen-bond acceptors (Lipinski definition) is 2. The second-order valence-electron chi connectivity index (χ2n) is 11.9. The van der Waals surface area contributed by atoms with Crippen molar-refractivity contribution in [2.24, 2.45) is 0 Å². The van der Waals surface area contributed by atoms with E-state index in [9.17, 15) is 5.11 Å². The number of benzene rings is 4. The van der Waals surface area contributed by atoms with Crippen LogP contribution in [0.1, 0.15) is 31.2 Å². The van der Waals surface area contributed by atoms with Gasteiger partial charge in [-0.3, -0.25) is 0 Å². The number of anilines is 2. The third-order valence-electron chi connectivity index (χ3n) is 9.13. The zero-order chi connectivity index (χ0) is 26.5. The zero-order valence-electron chi connectivity index (χ0n) is 22.5. The summed E-state index contributed by atoms with van der Waals surface area (Å²) in [5.74, 6) is 0.379. The van der Waals surface area contributed by atoms with Crippen LogP contribution in [0.5, 0.6) is 5.75 Å². The van der Waals surface area contributed by atoms with Crippen molar-refractivity contribution in [2.75, 3.05) is 4.90 Å². The Balaban J connectivity index is 1.33. The van der Waals surface area contributed by atoms with Crippen molar-refractivity contribution in [3.63, 3.8) is 0 Å². The molecule has 0 amide bonds. The Morgan fingerprint density at radius 2 is 1.56 bits per heavy atom. The van der Waals surface area contributed by atoms with Gasteiger partial charge in [-0.2, -0.15) is 0 Å². The van der Waals surface area contributed by atoms with Gasteiger partial charge in [0.2, 0.25) is 0 Å². The molecular formula is C33H30BNOSe2Si. The van der Waals surface area contributed by atoms with Crippen molar-refractivity contribution < 1.29 is 5.11 Å². The zero-order valence-corrected chi connectivity index (χ0v) is 27.0. The Labute approximate surface area is 244 Å². The molecule has 0 saturated heterocycles. The molecule has 1 aliphatic carbocycles. The SMILES string of the molecule is Cc1cc2c3c(c1)[Se]c1ccc(O)cc1B3c1ccc(N3C4=C(CCCC4)[Si](C)(C)c4ccccc43)cc1[Se]2. The molecule has 0 unspecified atom stereocenters. The summed E-state index contributed by atoms with van der Waals surface area (Å²) in [6.45, 7) is 7.60. The van der Waals surface area contributed by atoms with Crippen LogP contribution in [-0.4, -0.2) is 49.8 Å². The molecule has 0 spiro atoms. The summed E-state index contributed by atoms with van der Waals surface area (Å²) in [6, 6.07) is 27.5. The van der Waals surface area contributed by atoms with Crippen LogP contribution in [-0.2, 0) is 0 Å². The molecule has 3 aliphatic heterocycles. The standard InChI is InChI=1S/C33H30BNOSe2Si/c1-20-16-29-33-30(17-20)38-28-18-21(12-14-23(28)34(33)24-19-22(36)13-15-27(24)37-29)35-25-8-4-6-10-31(25)39(2,3)32-11-7-5-9-26(32)35/h4,6,8,10,12-19,36H,5,7,9,11H2,1-3H3. The van der Waals surface area contributed by atoms with E-state index >= 15 is 0 Å². The fraction of sp³-hybridized carbons (Fsp3) is 0.212. The van der Waals surface area contributed by atoms with Crippen LogP contribution in [0.3, 0.4) is 0 Å². The molecule has 39 heavy (non-hydrogen) atoms. The van der Waals surface area contributed by atoms with Crippen molar-refractivity contribution >= 4 is 95.5 Å². The van der Waals surface area contributed by atoms with Crippen LogP contribution in [0, 0.1) is 6.92 Å². The third kappa shape index (κ3) is 3.59. The minimum atomic E-state index is -1.67. The average molecular weight is 653 g/mol. The van der Waals surface area contributed by atoms with Crippen molar-refractivity contribution in [2.45, 2.75) is 45.7 Å². The van der Waals surface area contributed by atoms with E-state index in [-0.39, 0.29) is 36.6 Å². The van der Waals surface area contributed by atoms with Crippen LogP contribution in [0.25, 0.3) is 0 Å². The fourth-order valence-corrected chi connectivity index (χ4v) is 16.5. The van der Waals surface area contributed by atoms with Crippen LogP contribution in [0.4, 0.5) is 11.4 Å². The number of fused-ring (bicyclic) bond motifs is 5. The second-order valence-corrected chi connectivity index (χ2v) is 20.8. The Kier molecular flexibility index (Phi) is 5.47. The number of phenolic OH excluding ortho intramolecular Hbond substituents is 1. The van der Waals surface area contributed by atoms with E-state index in [1.54, 1.807) is 16.1 Å². The maximum atomic E-state index is 10.5. The van der Waals surface area contributed by atoms with E-state index in [1.165, 1.54) is 76.9 Å². The number of hydrogen-bond donors (Lipinski definition) is 1. The maximum absolute atomic E-state index is 10.5. The molecule has 0 radical (unpaired) electrons. The monoisotopic (exact) mass is 655 g/mol. The first kappa shape index (κ1) is 24.3. The molecular weight excluding hydrogens is 623 g/mol. The predicted molar refractivity (Wildman–Crippen MR) is 172 cm³/mol. The van der Waals surface area contributed by atoms with E-state index in [0.29, 0.717) is 5.75 Å². The van der Waals surface area contributed by atoms with Gasteiger partial charge < -0.3 is 0 Å². The molecule has 3 heterocycles. The summed E-state index contributed by atoms with van der Waals surface area (Å²) in [4.78, 5) is 2.64. The van der Waals surface area contributed by atoms with Gasteiger partial charge in [0.25, 0.3) is 0 Å². The Bertz CT molecular complexity index is 1750. The van der Waals surface area contributed by atoms with Crippen molar-refractivity contribution in [3.05, 3.63) is 89.3 Å². The molecule has 0 fully saturated rings.